The van der Waals surface area contributed by atoms with Crippen molar-refractivity contribution in [3.63, 3.8) is 0 Å². The Morgan fingerprint density at radius 2 is 2.33 bits per heavy atom. The van der Waals surface area contributed by atoms with Crippen LogP contribution in [0.15, 0.2) is 11.4 Å². The maximum Gasteiger partial charge on any atom is 0.249 e. The highest BCUT2D eigenvalue weighted by atomic mass is 32.1. The number of likely N-dealkylation sites (N-methyl/N-ethyl adjacent to an activating group) is 1. The van der Waals surface area contributed by atoms with Gasteiger partial charge in [0.25, 0.3) is 0 Å². The molecule has 0 radical (unpaired) electrons. The first-order valence-corrected chi connectivity index (χ1v) is 7.20. The van der Waals surface area contributed by atoms with Crippen LogP contribution in [0, 0.1) is 0 Å². The Balaban J connectivity index is 2.23. The molecule has 1 amide bonds. The second-order valence-corrected chi connectivity index (χ2v) is 5.58. The minimum atomic E-state index is -0.353. The molecule has 0 bridgehead atoms. The van der Waals surface area contributed by atoms with Crippen LogP contribution < -0.4 is 11.1 Å². The number of amides is 1. The van der Waals surface area contributed by atoms with Crippen LogP contribution >= 0.6 is 11.3 Å². The van der Waals surface area contributed by atoms with E-state index in [-0.39, 0.29) is 5.91 Å². The molecule has 4 nitrogen and oxygen atoms in total. The summed E-state index contributed by atoms with van der Waals surface area (Å²) in [6, 6.07) is 2.48. The summed E-state index contributed by atoms with van der Waals surface area (Å²) in [7, 11) is 2.15. The van der Waals surface area contributed by atoms with Crippen molar-refractivity contribution in [1.82, 2.24) is 10.2 Å². The Kier molecular flexibility index (Phi) is 6.32. The van der Waals surface area contributed by atoms with E-state index in [1.807, 2.05) is 11.4 Å². The van der Waals surface area contributed by atoms with Crippen molar-refractivity contribution in [1.29, 1.82) is 0 Å². The predicted octanol–water partition coefficient (Wildman–Crippen LogP) is 1.67. The Morgan fingerprint density at radius 1 is 1.61 bits per heavy atom. The molecule has 3 N–H and O–H groups in total. The molecular formula is C13H23N3OS. The maximum atomic E-state index is 10.9. The van der Waals surface area contributed by atoms with Crippen molar-refractivity contribution in [3.8, 4) is 0 Å². The largest absolute Gasteiger partial charge is 0.366 e. The first kappa shape index (κ1) is 15.1. The molecule has 0 spiro atoms. The van der Waals surface area contributed by atoms with E-state index >= 15 is 0 Å². The minimum absolute atomic E-state index is 0.353. The molecule has 5 heteroatoms. The Morgan fingerprint density at radius 3 is 2.89 bits per heavy atom. The van der Waals surface area contributed by atoms with E-state index in [0.717, 1.165) is 24.5 Å². The number of nitrogens with two attached hydrogens (primary N) is 1. The van der Waals surface area contributed by atoms with Gasteiger partial charge in [0.1, 0.15) is 0 Å². The van der Waals surface area contributed by atoms with Gasteiger partial charge in [-0.1, -0.05) is 6.92 Å². The summed E-state index contributed by atoms with van der Waals surface area (Å²) in [5, 5.41) is 5.19. The first-order valence-electron chi connectivity index (χ1n) is 6.32. The van der Waals surface area contributed by atoms with Crippen molar-refractivity contribution in [2.45, 2.75) is 32.9 Å². The van der Waals surface area contributed by atoms with Gasteiger partial charge in [-0.05, 0) is 26.5 Å². The standard InChI is InChI=1S/C13H23N3OS/c1-4-10(2)16(3)6-5-15-8-12-7-11(9-18-12)13(14)17/h7,9-10,15H,4-6,8H2,1-3H3,(H2,14,17). The number of hydrogen-bond donors (Lipinski definition) is 2. The van der Waals surface area contributed by atoms with Crippen LogP contribution in [0.2, 0.25) is 0 Å². The zero-order valence-electron chi connectivity index (χ0n) is 11.4. The average Bonchev–Trinajstić information content (AvgIpc) is 2.82. The van der Waals surface area contributed by atoms with E-state index in [1.165, 1.54) is 6.42 Å². The molecule has 0 aliphatic carbocycles. The third-order valence-corrected chi connectivity index (χ3v) is 4.16. The second-order valence-electron chi connectivity index (χ2n) is 4.58. The highest BCUT2D eigenvalue weighted by Gasteiger charge is 2.06. The van der Waals surface area contributed by atoms with Gasteiger partial charge in [-0.25, -0.2) is 0 Å². The monoisotopic (exact) mass is 269 g/mol. The molecule has 102 valence electrons. The van der Waals surface area contributed by atoms with Gasteiger partial charge in [0, 0.05) is 35.9 Å². The number of carbonyl (C=O) groups is 1. The molecule has 18 heavy (non-hydrogen) atoms. The summed E-state index contributed by atoms with van der Waals surface area (Å²) < 4.78 is 0. The van der Waals surface area contributed by atoms with E-state index in [2.05, 4.69) is 31.1 Å². The Labute approximate surface area is 113 Å². The minimum Gasteiger partial charge on any atom is -0.366 e. The maximum absolute atomic E-state index is 10.9. The van der Waals surface area contributed by atoms with Crippen molar-refractivity contribution in [2.75, 3.05) is 20.1 Å². The first-order chi connectivity index (χ1) is 8.54. The molecular weight excluding hydrogens is 246 g/mol. The number of carbonyl (C=O) groups excluding carboxylic acids is 1. The summed E-state index contributed by atoms with van der Waals surface area (Å²) in [4.78, 5) is 14.4. The summed E-state index contributed by atoms with van der Waals surface area (Å²) in [5.41, 5.74) is 5.82. The molecule has 0 saturated heterocycles. The number of nitrogens with one attached hydrogen (secondary N) is 1. The fourth-order valence-electron chi connectivity index (χ4n) is 1.60. The number of hydrogen-bond acceptors (Lipinski definition) is 4. The van der Waals surface area contributed by atoms with Gasteiger partial charge in [0.2, 0.25) is 5.91 Å². The molecule has 0 saturated carbocycles. The van der Waals surface area contributed by atoms with Gasteiger partial charge >= 0.3 is 0 Å². The van der Waals surface area contributed by atoms with Crippen molar-refractivity contribution < 1.29 is 4.79 Å². The van der Waals surface area contributed by atoms with Crippen LogP contribution in [-0.2, 0) is 6.54 Å². The number of nitrogens with zero attached hydrogens (tertiary/aromatic N) is 1. The normalized spacial score (nSPS) is 12.9. The molecule has 0 aromatic carbocycles. The van der Waals surface area contributed by atoms with E-state index < -0.39 is 0 Å². The molecule has 0 aliphatic heterocycles. The Hall–Kier alpha value is -0.910. The van der Waals surface area contributed by atoms with Gasteiger partial charge in [-0.2, -0.15) is 0 Å². The fourth-order valence-corrected chi connectivity index (χ4v) is 2.44. The van der Waals surface area contributed by atoms with Crippen LogP contribution in [0.5, 0.6) is 0 Å². The van der Waals surface area contributed by atoms with Gasteiger partial charge < -0.3 is 16.0 Å². The average molecular weight is 269 g/mol. The van der Waals surface area contributed by atoms with E-state index in [1.54, 1.807) is 11.3 Å². The summed E-state index contributed by atoms with van der Waals surface area (Å²) in [6.45, 7) is 7.21. The second kappa shape index (κ2) is 7.51. The molecule has 1 atom stereocenters. The highest BCUT2D eigenvalue weighted by molar-refractivity contribution is 7.10. The number of primary amides is 1. The van der Waals surface area contributed by atoms with Gasteiger partial charge in [-0.15, -0.1) is 11.3 Å². The van der Waals surface area contributed by atoms with Gasteiger partial charge in [0.15, 0.2) is 0 Å². The van der Waals surface area contributed by atoms with Gasteiger partial charge in [0.05, 0.1) is 5.56 Å². The lowest BCUT2D eigenvalue weighted by Crippen LogP contribution is -2.34. The van der Waals surface area contributed by atoms with Crippen LogP contribution in [0.1, 0.15) is 35.5 Å². The molecule has 1 aromatic rings. The lowest BCUT2D eigenvalue weighted by Gasteiger charge is -2.23. The highest BCUT2D eigenvalue weighted by Crippen LogP contribution is 2.13. The lowest BCUT2D eigenvalue weighted by atomic mass is 10.2. The van der Waals surface area contributed by atoms with Crippen LogP contribution in [0.4, 0.5) is 0 Å². The topological polar surface area (TPSA) is 58.4 Å². The van der Waals surface area contributed by atoms with Gasteiger partial charge in [-0.3, -0.25) is 4.79 Å². The zero-order valence-corrected chi connectivity index (χ0v) is 12.2. The number of rotatable bonds is 8. The van der Waals surface area contributed by atoms with Crippen molar-refractivity contribution in [3.05, 3.63) is 21.9 Å². The quantitative estimate of drug-likeness (QED) is 0.706. The van der Waals surface area contributed by atoms with Crippen molar-refractivity contribution in [2.24, 2.45) is 5.73 Å². The van der Waals surface area contributed by atoms with Crippen LogP contribution in [0.25, 0.3) is 0 Å². The molecule has 0 aliphatic rings. The third kappa shape index (κ3) is 4.76. The van der Waals surface area contributed by atoms with Crippen molar-refractivity contribution >= 4 is 17.2 Å². The van der Waals surface area contributed by atoms with E-state index in [4.69, 9.17) is 5.73 Å². The fraction of sp³-hybridized carbons (Fsp3) is 0.615. The van der Waals surface area contributed by atoms with E-state index in [0.29, 0.717) is 11.6 Å². The summed E-state index contributed by atoms with van der Waals surface area (Å²) >= 11 is 1.57. The molecule has 1 rings (SSSR count). The third-order valence-electron chi connectivity index (χ3n) is 3.22. The lowest BCUT2D eigenvalue weighted by molar-refractivity contribution is 0.100. The SMILES string of the molecule is CCC(C)N(C)CCNCc1cc(C(N)=O)cs1. The predicted molar refractivity (Wildman–Crippen MR) is 76.9 cm³/mol. The van der Waals surface area contributed by atoms with Crippen LogP contribution in [0.3, 0.4) is 0 Å². The zero-order chi connectivity index (χ0) is 13.5. The molecule has 1 heterocycles. The van der Waals surface area contributed by atoms with E-state index in [9.17, 15) is 4.79 Å². The Bertz CT molecular complexity index is 378. The summed E-state index contributed by atoms with van der Waals surface area (Å²) in [5.74, 6) is -0.353. The number of thiophene rings is 1. The summed E-state index contributed by atoms with van der Waals surface area (Å²) in [6.07, 6.45) is 1.17. The van der Waals surface area contributed by atoms with Crippen LogP contribution in [-0.4, -0.2) is 37.0 Å². The molecule has 0 fully saturated rings. The molecule has 1 unspecified atom stereocenters. The molecule has 1 aromatic heterocycles. The smallest absolute Gasteiger partial charge is 0.249 e.